The Kier molecular flexibility index (Phi) is 5.92. The molecule has 1 N–H and O–H groups in total. The number of aromatic hydroxyl groups is 1. The van der Waals surface area contributed by atoms with Gasteiger partial charge in [-0.05, 0) is 73.4 Å². The van der Waals surface area contributed by atoms with Crippen molar-refractivity contribution in [1.82, 2.24) is 0 Å². The molecule has 0 bridgehead atoms. The van der Waals surface area contributed by atoms with Crippen molar-refractivity contribution in [2.75, 3.05) is 0 Å². The maximum Gasteiger partial charge on any atom is 0.416 e. The molecule has 4 heteroatoms. The molecule has 2 aromatic rings. The van der Waals surface area contributed by atoms with Crippen molar-refractivity contribution in [2.24, 2.45) is 5.92 Å². The number of phenolic OH excluding ortho intramolecular Hbond substituents is 1. The second-order valence-corrected chi connectivity index (χ2v) is 6.50. The number of rotatable bonds is 6. The zero-order valence-corrected chi connectivity index (χ0v) is 14.0. The van der Waals surface area contributed by atoms with Crippen LogP contribution in [0.25, 0.3) is 0 Å². The molecule has 0 saturated carbocycles. The van der Waals surface area contributed by atoms with Crippen molar-refractivity contribution >= 4 is 0 Å². The van der Waals surface area contributed by atoms with Gasteiger partial charge < -0.3 is 5.11 Å². The molecule has 1 nitrogen and oxygen atoms in total. The van der Waals surface area contributed by atoms with E-state index >= 15 is 0 Å². The predicted octanol–water partition coefficient (Wildman–Crippen LogP) is 5.92. The van der Waals surface area contributed by atoms with Gasteiger partial charge >= 0.3 is 6.18 Å². The van der Waals surface area contributed by atoms with E-state index in [0.717, 1.165) is 48.9 Å². The second-order valence-electron chi connectivity index (χ2n) is 6.50. The Morgan fingerprint density at radius 1 is 0.917 bits per heavy atom. The Labute approximate surface area is 141 Å². The van der Waals surface area contributed by atoms with E-state index in [1.165, 1.54) is 5.56 Å². The average molecular weight is 336 g/mol. The summed E-state index contributed by atoms with van der Waals surface area (Å²) in [5.74, 6) is 0.801. The minimum atomic E-state index is -4.27. The fourth-order valence-electron chi connectivity index (χ4n) is 2.70. The first kappa shape index (κ1) is 18.4. The average Bonchev–Trinajstić information content (AvgIpc) is 2.53. The van der Waals surface area contributed by atoms with Gasteiger partial charge in [0, 0.05) is 0 Å². The molecule has 1 atom stereocenters. The molecular weight excluding hydrogens is 313 g/mol. The topological polar surface area (TPSA) is 20.2 Å². The Bertz CT molecular complexity index is 660. The van der Waals surface area contributed by atoms with Gasteiger partial charge in [0.1, 0.15) is 5.75 Å². The zero-order valence-electron chi connectivity index (χ0n) is 14.0. The number of halogens is 3. The Hall–Kier alpha value is -1.97. The van der Waals surface area contributed by atoms with Crippen molar-refractivity contribution in [1.29, 1.82) is 0 Å². The molecule has 0 aliphatic rings. The summed E-state index contributed by atoms with van der Waals surface area (Å²) in [5, 5.41) is 9.53. The summed E-state index contributed by atoms with van der Waals surface area (Å²) < 4.78 is 37.6. The summed E-state index contributed by atoms with van der Waals surface area (Å²) in [6, 6.07) is 11.1. The van der Waals surface area contributed by atoms with E-state index in [1.54, 1.807) is 18.2 Å². The van der Waals surface area contributed by atoms with E-state index in [0.29, 0.717) is 11.7 Å². The van der Waals surface area contributed by atoms with Crippen LogP contribution in [0.2, 0.25) is 0 Å². The van der Waals surface area contributed by atoms with Gasteiger partial charge in [-0.2, -0.15) is 13.2 Å². The molecule has 2 aromatic carbocycles. The number of aryl methyl sites for hydroxylation is 3. The van der Waals surface area contributed by atoms with Crippen molar-refractivity contribution in [3.63, 3.8) is 0 Å². The Balaban J connectivity index is 1.80. The number of benzene rings is 2. The molecule has 0 saturated heterocycles. The van der Waals surface area contributed by atoms with Gasteiger partial charge in [-0.3, -0.25) is 0 Å². The van der Waals surface area contributed by atoms with Crippen molar-refractivity contribution in [3.05, 3.63) is 64.7 Å². The monoisotopic (exact) mass is 336 g/mol. The van der Waals surface area contributed by atoms with Gasteiger partial charge in [0.05, 0.1) is 5.56 Å². The summed E-state index contributed by atoms with van der Waals surface area (Å²) in [4.78, 5) is 0. The normalized spacial score (nSPS) is 13.0. The lowest BCUT2D eigenvalue weighted by Gasteiger charge is -2.13. The SMILES string of the molecule is Cc1cc(CC[C@H](C)CCc2ccc(C(F)(F)F)cc2)ccc1O. The van der Waals surface area contributed by atoms with Gasteiger partial charge in [-0.1, -0.05) is 31.2 Å². The maximum absolute atomic E-state index is 12.5. The highest BCUT2D eigenvalue weighted by molar-refractivity contribution is 5.35. The van der Waals surface area contributed by atoms with Crippen LogP contribution >= 0.6 is 0 Å². The molecule has 0 spiro atoms. The van der Waals surface area contributed by atoms with Gasteiger partial charge in [-0.15, -0.1) is 0 Å². The lowest BCUT2D eigenvalue weighted by molar-refractivity contribution is -0.137. The van der Waals surface area contributed by atoms with E-state index in [2.05, 4.69) is 6.92 Å². The minimum absolute atomic E-state index is 0.314. The Morgan fingerprint density at radius 3 is 2.00 bits per heavy atom. The third-order valence-electron chi connectivity index (χ3n) is 4.39. The van der Waals surface area contributed by atoms with Crippen molar-refractivity contribution in [2.45, 2.75) is 45.7 Å². The number of hydrogen-bond acceptors (Lipinski definition) is 1. The first-order chi connectivity index (χ1) is 11.3. The van der Waals surface area contributed by atoms with E-state index < -0.39 is 11.7 Å². The Morgan fingerprint density at radius 2 is 1.46 bits per heavy atom. The first-order valence-electron chi connectivity index (χ1n) is 8.20. The van der Waals surface area contributed by atoms with Crippen LogP contribution < -0.4 is 0 Å². The van der Waals surface area contributed by atoms with Crippen molar-refractivity contribution in [3.8, 4) is 5.75 Å². The summed E-state index contributed by atoms with van der Waals surface area (Å²) in [5.41, 5.74) is 2.42. The third kappa shape index (κ3) is 5.29. The van der Waals surface area contributed by atoms with Gasteiger partial charge in [0.15, 0.2) is 0 Å². The largest absolute Gasteiger partial charge is 0.508 e. The summed E-state index contributed by atoms with van der Waals surface area (Å²) in [6.07, 6.45) is -0.579. The molecule has 0 radical (unpaired) electrons. The summed E-state index contributed by atoms with van der Waals surface area (Å²) in [7, 11) is 0. The van der Waals surface area contributed by atoms with Crippen LogP contribution in [-0.2, 0) is 19.0 Å². The van der Waals surface area contributed by atoms with Crippen LogP contribution in [0.15, 0.2) is 42.5 Å². The van der Waals surface area contributed by atoms with Gasteiger partial charge in [0.2, 0.25) is 0 Å². The number of hydrogen-bond donors (Lipinski definition) is 1. The zero-order chi connectivity index (χ0) is 17.7. The lowest BCUT2D eigenvalue weighted by Crippen LogP contribution is -2.05. The molecular formula is C20H23F3O. The van der Waals surface area contributed by atoms with Crippen LogP contribution in [-0.4, -0.2) is 5.11 Å². The van der Waals surface area contributed by atoms with E-state index in [1.807, 2.05) is 19.1 Å². The lowest BCUT2D eigenvalue weighted by atomic mass is 9.94. The smallest absolute Gasteiger partial charge is 0.416 e. The first-order valence-corrected chi connectivity index (χ1v) is 8.20. The second kappa shape index (κ2) is 7.73. The fraction of sp³-hybridized carbons (Fsp3) is 0.400. The van der Waals surface area contributed by atoms with Gasteiger partial charge in [0.25, 0.3) is 0 Å². The van der Waals surface area contributed by atoms with Crippen LogP contribution in [0.4, 0.5) is 13.2 Å². The third-order valence-corrected chi connectivity index (χ3v) is 4.39. The van der Waals surface area contributed by atoms with Crippen LogP contribution in [0, 0.1) is 12.8 Å². The van der Waals surface area contributed by atoms with Crippen LogP contribution in [0.3, 0.4) is 0 Å². The minimum Gasteiger partial charge on any atom is -0.508 e. The van der Waals surface area contributed by atoms with E-state index in [4.69, 9.17) is 0 Å². The maximum atomic E-state index is 12.5. The molecule has 0 aliphatic heterocycles. The number of phenols is 1. The fourth-order valence-corrected chi connectivity index (χ4v) is 2.70. The molecule has 0 aliphatic carbocycles. The molecule has 0 aromatic heterocycles. The van der Waals surface area contributed by atoms with Crippen LogP contribution in [0.5, 0.6) is 5.75 Å². The highest BCUT2D eigenvalue weighted by atomic mass is 19.4. The van der Waals surface area contributed by atoms with E-state index in [-0.39, 0.29) is 0 Å². The molecule has 0 amide bonds. The predicted molar refractivity (Wildman–Crippen MR) is 90.1 cm³/mol. The molecule has 2 rings (SSSR count). The highest BCUT2D eigenvalue weighted by Gasteiger charge is 2.29. The van der Waals surface area contributed by atoms with Crippen LogP contribution in [0.1, 0.15) is 42.0 Å². The highest BCUT2D eigenvalue weighted by Crippen LogP contribution is 2.29. The van der Waals surface area contributed by atoms with Gasteiger partial charge in [-0.25, -0.2) is 0 Å². The number of alkyl halides is 3. The molecule has 0 heterocycles. The summed E-state index contributed by atoms with van der Waals surface area (Å²) >= 11 is 0. The molecule has 24 heavy (non-hydrogen) atoms. The molecule has 0 fully saturated rings. The quantitative estimate of drug-likeness (QED) is 0.694. The summed E-state index contributed by atoms with van der Waals surface area (Å²) in [6.45, 7) is 4.05. The molecule has 130 valence electrons. The standard InChI is InChI=1S/C20H23F3O/c1-14(4-6-17-9-12-19(24)15(2)13-17)3-5-16-7-10-18(11-8-16)20(21,22)23/h7-14,24H,3-6H2,1-2H3/t14-/m1/s1. The van der Waals surface area contributed by atoms with E-state index in [9.17, 15) is 18.3 Å². The molecule has 0 unspecified atom stereocenters. The van der Waals surface area contributed by atoms with Crippen molar-refractivity contribution < 1.29 is 18.3 Å².